The molecule has 1 aliphatic rings. The van der Waals surface area contributed by atoms with Gasteiger partial charge in [0.2, 0.25) is 0 Å². The highest BCUT2D eigenvalue weighted by molar-refractivity contribution is 7.17. The van der Waals surface area contributed by atoms with Crippen molar-refractivity contribution >= 4 is 21.4 Å². The van der Waals surface area contributed by atoms with Crippen LogP contribution in [-0.4, -0.2) is 0 Å². The third-order valence-electron chi connectivity index (χ3n) is 5.91. The molecule has 1 aromatic heterocycles. The molecule has 0 aliphatic heterocycles. The van der Waals surface area contributed by atoms with E-state index in [0.29, 0.717) is 5.41 Å². The lowest BCUT2D eigenvalue weighted by Crippen LogP contribution is -2.42. The van der Waals surface area contributed by atoms with E-state index in [-0.39, 0.29) is 5.54 Å². The van der Waals surface area contributed by atoms with Crippen molar-refractivity contribution in [2.75, 3.05) is 0 Å². The van der Waals surface area contributed by atoms with Crippen molar-refractivity contribution in [1.29, 1.82) is 0 Å². The largest absolute Gasteiger partial charge is 0.321 e. The Kier molecular flexibility index (Phi) is 3.87. The number of fused-ring (bicyclic) bond motifs is 1. The zero-order valence-corrected chi connectivity index (χ0v) is 14.3. The lowest BCUT2D eigenvalue weighted by Gasteiger charge is -2.43. The van der Waals surface area contributed by atoms with Gasteiger partial charge >= 0.3 is 0 Å². The van der Waals surface area contributed by atoms with Crippen molar-refractivity contribution in [3.05, 3.63) is 35.2 Å². The molecule has 0 atom stereocenters. The molecule has 1 fully saturated rings. The van der Waals surface area contributed by atoms with Crippen molar-refractivity contribution < 1.29 is 0 Å². The minimum absolute atomic E-state index is 0.120. The van der Waals surface area contributed by atoms with Gasteiger partial charge < -0.3 is 5.73 Å². The molecule has 21 heavy (non-hydrogen) atoms. The molecule has 2 aromatic rings. The van der Waals surface area contributed by atoms with Crippen LogP contribution in [0.15, 0.2) is 29.6 Å². The van der Waals surface area contributed by atoms with Gasteiger partial charge in [-0.05, 0) is 59.4 Å². The summed E-state index contributed by atoms with van der Waals surface area (Å²) in [5, 5.41) is 3.53. The molecule has 2 heteroatoms. The van der Waals surface area contributed by atoms with Crippen LogP contribution in [0, 0.1) is 11.3 Å². The molecule has 1 aliphatic carbocycles. The molecule has 0 saturated heterocycles. The standard InChI is InChI=1S/C19H27NS/c1-4-18(2,3)15-8-11-19(20,12-9-15)16-7-5-6-14-10-13-21-17(14)16/h5-7,10,13,15H,4,8-9,11-12,20H2,1-3H3. The number of hydrogen-bond acceptors (Lipinski definition) is 2. The summed E-state index contributed by atoms with van der Waals surface area (Å²) in [5.41, 5.74) is 8.57. The predicted molar refractivity (Wildman–Crippen MR) is 93.7 cm³/mol. The summed E-state index contributed by atoms with van der Waals surface area (Å²) in [5.74, 6) is 0.821. The SMILES string of the molecule is CCC(C)(C)C1CCC(N)(c2cccc3ccsc23)CC1. The summed E-state index contributed by atoms with van der Waals surface area (Å²) in [4.78, 5) is 0. The maximum atomic E-state index is 6.86. The highest BCUT2D eigenvalue weighted by Crippen LogP contribution is 2.47. The lowest BCUT2D eigenvalue weighted by molar-refractivity contribution is 0.115. The van der Waals surface area contributed by atoms with Gasteiger partial charge in [-0.15, -0.1) is 11.3 Å². The van der Waals surface area contributed by atoms with Crippen LogP contribution in [0.25, 0.3) is 10.1 Å². The normalized spacial score (nSPS) is 27.1. The van der Waals surface area contributed by atoms with E-state index in [2.05, 4.69) is 50.4 Å². The number of hydrogen-bond donors (Lipinski definition) is 1. The maximum Gasteiger partial charge on any atom is 0.0424 e. The van der Waals surface area contributed by atoms with Crippen molar-refractivity contribution in [3.8, 4) is 0 Å². The Bertz CT molecular complexity index is 617. The Morgan fingerprint density at radius 3 is 2.62 bits per heavy atom. The monoisotopic (exact) mass is 301 g/mol. The summed E-state index contributed by atoms with van der Waals surface area (Å²) in [6, 6.07) is 8.83. The van der Waals surface area contributed by atoms with Crippen LogP contribution >= 0.6 is 11.3 Å². The van der Waals surface area contributed by atoms with E-state index in [0.717, 1.165) is 18.8 Å². The van der Waals surface area contributed by atoms with E-state index in [1.165, 1.54) is 34.9 Å². The fourth-order valence-electron chi connectivity index (χ4n) is 3.86. The Balaban J connectivity index is 1.86. The zero-order chi connectivity index (χ0) is 15.1. The fraction of sp³-hybridized carbons (Fsp3) is 0.579. The molecule has 0 amide bonds. The number of rotatable bonds is 3. The van der Waals surface area contributed by atoms with Crippen LogP contribution in [0.5, 0.6) is 0 Å². The quantitative estimate of drug-likeness (QED) is 0.775. The summed E-state index contributed by atoms with van der Waals surface area (Å²) in [6.07, 6.45) is 6.03. The minimum atomic E-state index is -0.120. The second-order valence-electron chi connectivity index (χ2n) is 7.42. The van der Waals surface area contributed by atoms with Crippen LogP contribution in [0.4, 0.5) is 0 Å². The van der Waals surface area contributed by atoms with Gasteiger partial charge in [0.1, 0.15) is 0 Å². The number of nitrogens with two attached hydrogens (primary N) is 1. The first-order valence-electron chi connectivity index (χ1n) is 8.22. The molecule has 0 unspecified atom stereocenters. The molecule has 114 valence electrons. The molecule has 1 saturated carbocycles. The van der Waals surface area contributed by atoms with Crippen LogP contribution in [0.2, 0.25) is 0 Å². The number of benzene rings is 1. The van der Waals surface area contributed by atoms with Crippen LogP contribution in [0.3, 0.4) is 0 Å². The summed E-state index contributed by atoms with van der Waals surface area (Å²) < 4.78 is 1.40. The van der Waals surface area contributed by atoms with Crippen molar-refractivity contribution in [2.24, 2.45) is 17.1 Å². The highest BCUT2D eigenvalue weighted by Gasteiger charge is 2.39. The van der Waals surface area contributed by atoms with Crippen molar-refractivity contribution in [2.45, 2.75) is 58.4 Å². The van der Waals surface area contributed by atoms with E-state index >= 15 is 0 Å². The Morgan fingerprint density at radius 1 is 1.24 bits per heavy atom. The van der Waals surface area contributed by atoms with Crippen LogP contribution < -0.4 is 5.73 Å². The van der Waals surface area contributed by atoms with E-state index in [9.17, 15) is 0 Å². The molecule has 2 N–H and O–H groups in total. The molecule has 1 heterocycles. The van der Waals surface area contributed by atoms with Gasteiger partial charge in [-0.25, -0.2) is 0 Å². The first kappa shape index (κ1) is 15.1. The summed E-state index contributed by atoms with van der Waals surface area (Å²) >= 11 is 1.84. The van der Waals surface area contributed by atoms with Crippen molar-refractivity contribution in [3.63, 3.8) is 0 Å². The second kappa shape index (κ2) is 5.40. The molecule has 0 radical (unpaired) electrons. The van der Waals surface area contributed by atoms with E-state index in [1.807, 2.05) is 11.3 Å². The molecular weight excluding hydrogens is 274 g/mol. The Morgan fingerprint density at radius 2 is 1.95 bits per heavy atom. The van der Waals surface area contributed by atoms with Gasteiger partial charge in [0.15, 0.2) is 0 Å². The zero-order valence-electron chi connectivity index (χ0n) is 13.5. The van der Waals surface area contributed by atoms with Gasteiger partial charge in [-0.2, -0.15) is 0 Å². The minimum Gasteiger partial charge on any atom is -0.321 e. The van der Waals surface area contributed by atoms with E-state index in [1.54, 1.807) is 0 Å². The smallest absolute Gasteiger partial charge is 0.0424 e. The first-order chi connectivity index (χ1) is 9.96. The maximum absolute atomic E-state index is 6.86. The van der Waals surface area contributed by atoms with E-state index in [4.69, 9.17) is 5.73 Å². The molecule has 1 aromatic carbocycles. The molecule has 0 spiro atoms. The molecule has 1 nitrogen and oxygen atoms in total. The second-order valence-corrected chi connectivity index (χ2v) is 8.33. The van der Waals surface area contributed by atoms with Gasteiger partial charge in [-0.3, -0.25) is 0 Å². The average Bonchev–Trinajstić information content (AvgIpc) is 2.96. The van der Waals surface area contributed by atoms with Crippen molar-refractivity contribution in [1.82, 2.24) is 0 Å². The van der Waals surface area contributed by atoms with Gasteiger partial charge in [-0.1, -0.05) is 45.4 Å². The van der Waals surface area contributed by atoms with Crippen LogP contribution in [0.1, 0.15) is 58.4 Å². The molecular formula is C19H27NS. The summed E-state index contributed by atoms with van der Waals surface area (Å²) in [6.45, 7) is 7.15. The summed E-state index contributed by atoms with van der Waals surface area (Å²) in [7, 11) is 0. The highest BCUT2D eigenvalue weighted by atomic mass is 32.1. The Labute approximate surface area is 132 Å². The van der Waals surface area contributed by atoms with Gasteiger partial charge in [0, 0.05) is 10.2 Å². The number of thiophene rings is 1. The lowest BCUT2D eigenvalue weighted by atomic mass is 9.64. The third-order valence-corrected chi connectivity index (χ3v) is 6.87. The first-order valence-corrected chi connectivity index (χ1v) is 9.10. The topological polar surface area (TPSA) is 26.0 Å². The van der Waals surface area contributed by atoms with Gasteiger partial charge in [0.05, 0.1) is 0 Å². The predicted octanol–water partition coefficient (Wildman–Crippen LogP) is 5.68. The molecule has 3 rings (SSSR count). The third kappa shape index (κ3) is 2.64. The van der Waals surface area contributed by atoms with Gasteiger partial charge in [0.25, 0.3) is 0 Å². The molecule has 0 bridgehead atoms. The van der Waals surface area contributed by atoms with Crippen LogP contribution in [-0.2, 0) is 5.54 Å². The van der Waals surface area contributed by atoms with E-state index < -0.39 is 0 Å². The fourth-order valence-corrected chi connectivity index (χ4v) is 4.88. The average molecular weight is 301 g/mol. The Hall–Kier alpha value is -0.860.